The largest absolute Gasteiger partial charge is 0.337 e. The van der Waals surface area contributed by atoms with Crippen LogP contribution in [0, 0.1) is 11.7 Å². The van der Waals surface area contributed by atoms with E-state index in [0.29, 0.717) is 12.6 Å². The fourth-order valence-electron chi connectivity index (χ4n) is 3.88. The number of carbonyl (C=O) groups is 1. The highest BCUT2D eigenvalue weighted by atomic mass is 19.1. The van der Waals surface area contributed by atoms with Crippen molar-refractivity contribution in [1.82, 2.24) is 15.5 Å². The molecule has 5 heteroatoms. The topological polar surface area (TPSA) is 44.4 Å². The number of benzene rings is 1. The van der Waals surface area contributed by atoms with Crippen molar-refractivity contribution in [3.63, 3.8) is 0 Å². The molecule has 2 N–H and O–H groups in total. The Labute approximate surface area is 143 Å². The normalized spacial score (nSPS) is 23.2. The van der Waals surface area contributed by atoms with Crippen molar-refractivity contribution in [2.24, 2.45) is 5.92 Å². The van der Waals surface area contributed by atoms with Crippen molar-refractivity contribution in [3.8, 4) is 0 Å². The average molecular weight is 333 g/mol. The number of halogens is 1. The van der Waals surface area contributed by atoms with E-state index in [2.05, 4.69) is 10.6 Å². The van der Waals surface area contributed by atoms with Crippen LogP contribution in [0.5, 0.6) is 0 Å². The standard InChI is InChI=1S/C19H28FN3O/c1-14(15-4-6-17(20)7-5-15)13-22-19(24)23-11-8-16(9-12-23)18-3-2-10-21-18/h4-7,14,16,18,21H,2-3,8-13H2,1H3,(H,22,24). The van der Waals surface area contributed by atoms with E-state index in [1.807, 2.05) is 11.8 Å². The first-order valence-electron chi connectivity index (χ1n) is 9.15. The molecule has 1 aromatic rings. The van der Waals surface area contributed by atoms with E-state index in [1.54, 1.807) is 12.1 Å². The maximum absolute atomic E-state index is 13.0. The highest BCUT2D eigenvalue weighted by Crippen LogP contribution is 2.25. The van der Waals surface area contributed by atoms with Crippen LogP contribution in [0.15, 0.2) is 24.3 Å². The molecule has 4 nitrogen and oxygen atoms in total. The summed E-state index contributed by atoms with van der Waals surface area (Å²) in [4.78, 5) is 14.3. The number of amides is 2. The number of urea groups is 1. The SMILES string of the molecule is CC(CNC(=O)N1CCC(C2CCCN2)CC1)c1ccc(F)cc1. The molecule has 132 valence electrons. The molecule has 2 aliphatic rings. The van der Waals surface area contributed by atoms with Gasteiger partial charge in [0.1, 0.15) is 5.82 Å². The minimum atomic E-state index is -0.227. The summed E-state index contributed by atoms with van der Waals surface area (Å²) in [5, 5.41) is 6.61. The Kier molecular flexibility index (Phi) is 5.72. The smallest absolute Gasteiger partial charge is 0.317 e. The molecule has 0 aromatic heterocycles. The maximum atomic E-state index is 13.0. The van der Waals surface area contributed by atoms with Gasteiger partial charge in [0.15, 0.2) is 0 Å². The lowest BCUT2D eigenvalue weighted by atomic mass is 9.89. The van der Waals surface area contributed by atoms with Crippen LogP contribution in [0.4, 0.5) is 9.18 Å². The third-order valence-corrected chi connectivity index (χ3v) is 5.49. The van der Waals surface area contributed by atoms with Crippen molar-refractivity contribution in [2.45, 2.75) is 44.6 Å². The zero-order chi connectivity index (χ0) is 16.9. The number of piperidine rings is 1. The van der Waals surface area contributed by atoms with E-state index in [0.717, 1.165) is 44.0 Å². The van der Waals surface area contributed by atoms with Gasteiger partial charge in [0.05, 0.1) is 0 Å². The van der Waals surface area contributed by atoms with Crippen LogP contribution < -0.4 is 10.6 Å². The molecule has 2 heterocycles. The molecule has 0 radical (unpaired) electrons. The molecule has 0 bridgehead atoms. The van der Waals surface area contributed by atoms with Crippen LogP contribution >= 0.6 is 0 Å². The van der Waals surface area contributed by atoms with Gasteiger partial charge in [-0.2, -0.15) is 0 Å². The van der Waals surface area contributed by atoms with E-state index < -0.39 is 0 Å². The third-order valence-electron chi connectivity index (χ3n) is 5.49. The average Bonchev–Trinajstić information content (AvgIpc) is 3.15. The molecule has 2 fully saturated rings. The van der Waals surface area contributed by atoms with Crippen LogP contribution in [0.1, 0.15) is 44.1 Å². The van der Waals surface area contributed by atoms with Gasteiger partial charge in [0, 0.05) is 25.7 Å². The van der Waals surface area contributed by atoms with Gasteiger partial charge in [-0.15, -0.1) is 0 Å². The molecule has 2 unspecified atom stereocenters. The van der Waals surface area contributed by atoms with E-state index in [9.17, 15) is 9.18 Å². The van der Waals surface area contributed by atoms with Crippen molar-refractivity contribution < 1.29 is 9.18 Å². The summed E-state index contributed by atoms with van der Waals surface area (Å²) < 4.78 is 13.0. The molecular weight excluding hydrogens is 305 g/mol. The molecule has 2 saturated heterocycles. The first kappa shape index (κ1) is 17.2. The Morgan fingerprint density at radius 1 is 1.29 bits per heavy atom. The minimum Gasteiger partial charge on any atom is -0.337 e. The van der Waals surface area contributed by atoms with Gasteiger partial charge in [0.25, 0.3) is 0 Å². The van der Waals surface area contributed by atoms with Crippen molar-refractivity contribution in [1.29, 1.82) is 0 Å². The summed E-state index contributed by atoms with van der Waals surface area (Å²) in [5.41, 5.74) is 1.04. The third kappa shape index (κ3) is 4.26. The second kappa shape index (κ2) is 7.97. The van der Waals surface area contributed by atoms with Crippen molar-refractivity contribution in [2.75, 3.05) is 26.2 Å². The molecule has 1 aromatic carbocycles. The van der Waals surface area contributed by atoms with E-state index in [4.69, 9.17) is 0 Å². The summed E-state index contributed by atoms with van der Waals surface area (Å²) >= 11 is 0. The highest BCUT2D eigenvalue weighted by molar-refractivity contribution is 5.74. The van der Waals surface area contributed by atoms with Crippen LogP contribution in [-0.2, 0) is 0 Å². The van der Waals surface area contributed by atoms with Crippen LogP contribution in [-0.4, -0.2) is 43.2 Å². The number of likely N-dealkylation sites (tertiary alicyclic amines) is 1. The number of nitrogens with zero attached hydrogens (tertiary/aromatic N) is 1. The number of rotatable bonds is 4. The van der Waals surface area contributed by atoms with Crippen LogP contribution in [0.25, 0.3) is 0 Å². The Morgan fingerprint density at radius 3 is 2.62 bits per heavy atom. The summed E-state index contributed by atoms with van der Waals surface area (Å²) in [5.74, 6) is 0.666. The summed E-state index contributed by atoms with van der Waals surface area (Å²) in [6.07, 6.45) is 4.76. The Morgan fingerprint density at radius 2 is 2.00 bits per heavy atom. The Balaban J connectivity index is 1.41. The summed E-state index contributed by atoms with van der Waals surface area (Å²) in [6.45, 7) is 5.46. The van der Waals surface area contributed by atoms with E-state index in [1.165, 1.54) is 25.0 Å². The van der Waals surface area contributed by atoms with Gasteiger partial charge in [-0.25, -0.2) is 9.18 Å². The summed E-state index contributed by atoms with van der Waals surface area (Å²) in [6, 6.07) is 7.19. The molecule has 0 aliphatic carbocycles. The van der Waals surface area contributed by atoms with Crippen LogP contribution in [0.2, 0.25) is 0 Å². The van der Waals surface area contributed by atoms with E-state index >= 15 is 0 Å². The first-order valence-corrected chi connectivity index (χ1v) is 9.15. The zero-order valence-corrected chi connectivity index (χ0v) is 14.4. The number of hydrogen-bond acceptors (Lipinski definition) is 2. The van der Waals surface area contributed by atoms with Gasteiger partial charge < -0.3 is 15.5 Å². The molecular formula is C19H28FN3O. The second-order valence-corrected chi connectivity index (χ2v) is 7.17. The Hall–Kier alpha value is -1.62. The molecule has 3 rings (SSSR count). The maximum Gasteiger partial charge on any atom is 0.317 e. The van der Waals surface area contributed by atoms with Crippen molar-refractivity contribution >= 4 is 6.03 Å². The van der Waals surface area contributed by atoms with Gasteiger partial charge in [0.2, 0.25) is 0 Å². The molecule has 24 heavy (non-hydrogen) atoms. The van der Waals surface area contributed by atoms with Gasteiger partial charge in [-0.1, -0.05) is 19.1 Å². The second-order valence-electron chi connectivity index (χ2n) is 7.17. The van der Waals surface area contributed by atoms with Gasteiger partial charge in [-0.05, 0) is 61.8 Å². The van der Waals surface area contributed by atoms with Gasteiger partial charge >= 0.3 is 6.03 Å². The van der Waals surface area contributed by atoms with Crippen LogP contribution in [0.3, 0.4) is 0 Å². The van der Waals surface area contributed by atoms with Gasteiger partial charge in [-0.3, -0.25) is 0 Å². The summed E-state index contributed by atoms with van der Waals surface area (Å²) in [7, 11) is 0. The first-order chi connectivity index (χ1) is 11.6. The lowest BCUT2D eigenvalue weighted by Crippen LogP contribution is -2.47. The number of carbonyl (C=O) groups excluding carboxylic acids is 1. The number of nitrogens with one attached hydrogen (secondary N) is 2. The lowest BCUT2D eigenvalue weighted by molar-refractivity contribution is 0.160. The molecule has 0 saturated carbocycles. The molecule has 2 amide bonds. The van der Waals surface area contributed by atoms with Crippen molar-refractivity contribution in [3.05, 3.63) is 35.6 Å². The quantitative estimate of drug-likeness (QED) is 0.889. The minimum absolute atomic E-state index is 0.0294. The number of hydrogen-bond donors (Lipinski definition) is 2. The molecule has 0 spiro atoms. The predicted octanol–water partition coefficient (Wildman–Crippen LogP) is 3.10. The monoisotopic (exact) mass is 333 g/mol. The zero-order valence-electron chi connectivity index (χ0n) is 14.4. The fraction of sp³-hybridized carbons (Fsp3) is 0.632. The Bertz CT molecular complexity index is 534. The predicted molar refractivity (Wildman–Crippen MR) is 93.5 cm³/mol. The van der Waals surface area contributed by atoms with E-state index in [-0.39, 0.29) is 17.8 Å². The molecule has 2 aliphatic heterocycles. The molecule has 2 atom stereocenters. The highest BCUT2D eigenvalue weighted by Gasteiger charge is 2.29. The fourth-order valence-corrected chi connectivity index (χ4v) is 3.88. The lowest BCUT2D eigenvalue weighted by Gasteiger charge is -2.35.